The number of benzene rings is 1. The molecule has 1 rings (SSSR count). The molecule has 0 aliphatic carbocycles. The SMILES string of the molecule is CC(C)C(=O)Nc1ccc(Cl)c(C(=O)NC(C)(C)C(=O)O)c1. The Bertz CT molecular complexity index is 612. The van der Waals surface area contributed by atoms with Gasteiger partial charge in [-0.2, -0.15) is 0 Å². The Balaban J connectivity index is 3.02. The summed E-state index contributed by atoms with van der Waals surface area (Å²) in [7, 11) is 0. The van der Waals surface area contributed by atoms with Gasteiger partial charge in [0.2, 0.25) is 5.91 Å². The summed E-state index contributed by atoms with van der Waals surface area (Å²) in [5.41, 5.74) is -0.920. The molecule has 1 aromatic rings. The minimum atomic E-state index is -1.43. The molecular formula is C15H19ClN2O4. The van der Waals surface area contributed by atoms with Crippen molar-refractivity contribution in [2.24, 2.45) is 5.92 Å². The van der Waals surface area contributed by atoms with E-state index in [0.29, 0.717) is 5.69 Å². The summed E-state index contributed by atoms with van der Waals surface area (Å²) in [6.45, 7) is 6.22. The number of aliphatic carboxylic acids is 1. The van der Waals surface area contributed by atoms with Gasteiger partial charge in [-0.25, -0.2) is 4.79 Å². The molecule has 0 unspecified atom stereocenters. The van der Waals surface area contributed by atoms with E-state index in [1.165, 1.54) is 26.0 Å². The second kappa shape index (κ2) is 6.79. The summed E-state index contributed by atoms with van der Waals surface area (Å²) in [6.07, 6.45) is 0. The zero-order chi connectivity index (χ0) is 17.1. The van der Waals surface area contributed by atoms with E-state index < -0.39 is 17.4 Å². The van der Waals surface area contributed by atoms with Gasteiger partial charge in [-0.3, -0.25) is 9.59 Å². The first-order valence-corrected chi connectivity index (χ1v) is 7.08. The van der Waals surface area contributed by atoms with Gasteiger partial charge in [0.15, 0.2) is 0 Å². The molecule has 1 aromatic carbocycles. The minimum absolute atomic E-state index is 0.0950. The van der Waals surface area contributed by atoms with Crippen LogP contribution in [-0.2, 0) is 9.59 Å². The molecule has 0 heterocycles. The summed E-state index contributed by atoms with van der Waals surface area (Å²) >= 11 is 5.98. The van der Waals surface area contributed by atoms with Gasteiger partial charge in [0.25, 0.3) is 5.91 Å². The van der Waals surface area contributed by atoms with E-state index in [2.05, 4.69) is 10.6 Å². The van der Waals surface area contributed by atoms with E-state index in [1.807, 2.05) is 0 Å². The van der Waals surface area contributed by atoms with Crippen molar-refractivity contribution in [3.8, 4) is 0 Å². The van der Waals surface area contributed by atoms with Crippen molar-refractivity contribution >= 4 is 35.1 Å². The van der Waals surface area contributed by atoms with Crippen LogP contribution in [0.2, 0.25) is 5.02 Å². The van der Waals surface area contributed by atoms with Crippen LogP contribution < -0.4 is 10.6 Å². The largest absolute Gasteiger partial charge is 0.480 e. The maximum absolute atomic E-state index is 12.2. The first-order valence-electron chi connectivity index (χ1n) is 6.71. The van der Waals surface area contributed by atoms with E-state index >= 15 is 0 Å². The molecule has 0 bridgehead atoms. The second-order valence-electron chi connectivity index (χ2n) is 5.72. The Hall–Kier alpha value is -2.08. The highest BCUT2D eigenvalue weighted by Gasteiger charge is 2.30. The summed E-state index contributed by atoms with van der Waals surface area (Å²) in [5.74, 6) is -2.20. The maximum Gasteiger partial charge on any atom is 0.328 e. The average molecular weight is 327 g/mol. The molecule has 2 amide bonds. The minimum Gasteiger partial charge on any atom is -0.480 e. The van der Waals surface area contributed by atoms with Crippen LogP contribution in [0.1, 0.15) is 38.1 Å². The van der Waals surface area contributed by atoms with Gasteiger partial charge in [0.1, 0.15) is 5.54 Å². The monoisotopic (exact) mass is 326 g/mol. The molecule has 0 saturated carbocycles. The van der Waals surface area contributed by atoms with Crippen LogP contribution in [0, 0.1) is 5.92 Å². The molecule has 0 atom stereocenters. The maximum atomic E-state index is 12.2. The Morgan fingerprint density at radius 1 is 1.23 bits per heavy atom. The highest BCUT2D eigenvalue weighted by molar-refractivity contribution is 6.34. The number of rotatable bonds is 5. The van der Waals surface area contributed by atoms with E-state index in [0.717, 1.165) is 0 Å². The first kappa shape index (κ1) is 18.0. The van der Waals surface area contributed by atoms with Crippen molar-refractivity contribution in [2.45, 2.75) is 33.2 Å². The van der Waals surface area contributed by atoms with Crippen molar-refractivity contribution in [1.29, 1.82) is 0 Å². The normalized spacial score (nSPS) is 11.2. The quantitative estimate of drug-likeness (QED) is 0.774. The Kier molecular flexibility index (Phi) is 5.54. The van der Waals surface area contributed by atoms with Crippen molar-refractivity contribution in [2.75, 3.05) is 5.32 Å². The van der Waals surface area contributed by atoms with Gasteiger partial charge < -0.3 is 15.7 Å². The van der Waals surface area contributed by atoms with E-state index in [-0.39, 0.29) is 22.4 Å². The highest BCUT2D eigenvalue weighted by atomic mass is 35.5. The number of carboxylic acids is 1. The molecule has 22 heavy (non-hydrogen) atoms. The summed E-state index contributed by atoms with van der Waals surface area (Å²) in [4.78, 5) is 34.9. The molecule has 0 radical (unpaired) electrons. The molecule has 6 nitrogen and oxygen atoms in total. The number of carboxylic acid groups (broad SMARTS) is 1. The number of carbonyl (C=O) groups excluding carboxylic acids is 2. The molecule has 0 spiro atoms. The summed E-state index contributed by atoms with van der Waals surface area (Å²) in [5, 5.41) is 14.2. The number of halogens is 1. The second-order valence-corrected chi connectivity index (χ2v) is 6.13. The fraction of sp³-hybridized carbons (Fsp3) is 0.400. The van der Waals surface area contributed by atoms with Crippen LogP contribution in [0.3, 0.4) is 0 Å². The van der Waals surface area contributed by atoms with Crippen molar-refractivity contribution in [1.82, 2.24) is 5.32 Å². The zero-order valence-electron chi connectivity index (χ0n) is 12.9. The molecule has 0 fully saturated rings. The fourth-order valence-corrected chi connectivity index (χ4v) is 1.67. The molecule has 3 N–H and O–H groups in total. The molecular weight excluding hydrogens is 308 g/mol. The van der Waals surface area contributed by atoms with E-state index in [4.69, 9.17) is 16.7 Å². The fourth-order valence-electron chi connectivity index (χ4n) is 1.47. The molecule has 0 aliphatic heterocycles. The number of hydrogen-bond donors (Lipinski definition) is 3. The molecule has 7 heteroatoms. The van der Waals surface area contributed by atoms with Crippen molar-refractivity contribution in [3.63, 3.8) is 0 Å². The Labute approximate surface area is 133 Å². The van der Waals surface area contributed by atoms with Gasteiger partial charge >= 0.3 is 5.97 Å². The molecule has 0 aliphatic rings. The van der Waals surface area contributed by atoms with Crippen LogP contribution >= 0.6 is 11.6 Å². The molecule has 0 saturated heterocycles. The highest BCUT2D eigenvalue weighted by Crippen LogP contribution is 2.22. The van der Waals surface area contributed by atoms with Gasteiger partial charge in [-0.1, -0.05) is 25.4 Å². The lowest BCUT2D eigenvalue weighted by Crippen LogP contribution is -2.49. The van der Waals surface area contributed by atoms with Crippen LogP contribution in [0.25, 0.3) is 0 Å². The van der Waals surface area contributed by atoms with Crippen LogP contribution in [0.4, 0.5) is 5.69 Å². The lowest BCUT2D eigenvalue weighted by atomic mass is 10.0. The summed E-state index contributed by atoms with van der Waals surface area (Å²) < 4.78 is 0. The Morgan fingerprint density at radius 3 is 2.32 bits per heavy atom. The van der Waals surface area contributed by atoms with Crippen LogP contribution in [0.15, 0.2) is 18.2 Å². The van der Waals surface area contributed by atoms with Crippen molar-refractivity contribution < 1.29 is 19.5 Å². The van der Waals surface area contributed by atoms with Gasteiger partial charge in [0.05, 0.1) is 10.6 Å². The first-order chi connectivity index (χ1) is 10.0. The number of anilines is 1. The topological polar surface area (TPSA) is 95.5 Å². The average Bonchev–Trinajstić information content (AvgIpc) is 2.39. The third-order valence-corrected chi connectivity index (χ3v) is 3.29. The van der Waals surface area contributed by atoms with Gasteiger partial charge in [-0.15, -0.1) is 0 Å². The number of carbonyl (C=O) groups is 3. The van der Waals surface area contributed by atoms with Gasteiger partial charge in [0, 0.05) is 11.6 Å². The lowest BCUT2D eigenvalue weighted by molar-refractivity contribution is -0.143. The van der Waals surface area contributed by atoms with Gasteiger partial charge in [-0.05, 0) is 32.0 Å². The lowest BCUT2D eigenvalue weighted by Gasteiger charge is -2.21. The van der Waals surface area contributed by atoms with E-state index in [9.17, 15) is 14.4 Å². The number of hydrogen-bond acceptors (Lipinski definition) is 3. The van der Waals surface area contributed by atoms with Crippen LogP contribution in [0.5, 0.6) is 0 Å². The third kappa shape index (κ3) is 4.46. The molecule has 0 aromatic heterocycles. The third-order valence-electron chi connectivity index (χ3n) is 2.96. The zero-order valence-corrected chi connectivity index (χ0v) is 13.6. The van der Waals surface area contributed by atoms with Crippen molar-refractivity contribution in [3.05, 3.63) is 28.8 Å². The summed E-state index contributed by atoms with van der Waals surface area (Å²) in [6, 6.07) is 4.46. The number of nitrogens with one attached hydrogen (secondary N) is 2. The van der Waals surface area contributed by atoms with E-state index in [1.54, 1.807) is 19.9 Å². The smallest absolute Gasteiger partial charge is 0.328 e. The number of amides is 2. The predicted molar refractivity (Wildman–Crippen MR) is 84.1 cm³/mol. The molecule has 120 valence electrons. The standard InChI is InChI=1S/C15H19ClN2O4/c1-8(2)12(19)17-9-5-6-11(16)10(7-9)13(20)18-15(3,4)14(21)22/h5-8H,1-4H3,(H,17,19)(H,18,20)(H,21,22). The predicted octanol–water partition coefficient (Wildman–Crippen LogP) is 2.53. The van der Waals surface area contributed by atoms with Crippen LogP contribution in [-0.4, -0.2) is 28.4 Å². The Morgan fingerprint density at radius 2 is 1.82 bits per heavy atom.